The molecule has 25 heavy (non-hydrogen) atoms. The van der Waals surface area contributed by atoms with Crippen molar-refractivity contribution < 1.29 is 37.7 Å². The molecule has 1 aromatic carbocycles. The summed E-state index contributed by atoms with van der Waals surface area (Å²) in [4.78, 5) is 0. The third kappa shape index (κ3) is 11.8. The van der Waals surface area contributed by atoms with Crippen molar-refractivity contribution in [1.82, 2.24) is 0 Å². The van der Waals surface area contributed by atoms with Gasteiger partial charge in [0, 0.05) is 5.46 Å². The monoisotopic (exact) mass is 348 g/mol. The van der Waals surface area contributed by atoms with E-state index in [0.29, 0.717) is 12.0 Å². The standard InChI is InChI=1S/C15H23BF2O2.C4H9.Li/c1-2-3-4-5-6-7-8-9-12-10-11-13(16(19)20)15(18)14(12)17;1-3-4-2;/h10-11,19-20H,2-9H2,1H3;1,3-4H2,2H3;/q;-1;+1. The average Bonchev–Trinajstić information content (AvgIpc) is 2.57. The van der Waals surface area contributed by atoms with Gasteiger partial charge in [0.2, 0.25) is 0 Å². The fourth-order valence-electron chi connectivity index (χ4n) is 2.27. The number of hydrogen-bond acceptors (Lipinski definition) is 2. The van der Waals surface area contributed by atoms with Gasteiger partial charge in [0.15, 0.2) is 11.6 Å². The molecule has 6 heteroatoms. The molecule has 1 aromatic rings. The van der Waals surface area contributed by atoms with E-state index in [1.54, 1.807) is 0 Å². The van der Waals surface area contributed by atoms with E-state index in [2.05, 4.69) is 20.8 Å². The van der Waals surface area contributed by atoms with Gasteiger partial charge in [-0.1, -0.05) is 70.9 Å². The van der Waals surface area contributed by atoms with Crippen molar-refractivity contribution in [1.29, 1.82) is 0 Å². The fourth-order valence-corrected chi connectivity index (χ4v) is 2.27. The fraction of sp³-hybridized carbons (Fsp3) is 0.632. The van der Waals surface area contributed by atoms with Crippen molar-refractivity contribution in [3.8, 4) is 0 Å². The van der Waals surface area contributed by atoms with E-state index in [1.165, 1.54) is 44.2 Å². The van der Waals surface area contributed by atoms with Crippen LogP contribution in [0, 0.1) is 18.6 Å². The van der Waals surface area contributed by atoms with Crippen LogP contribution in [0.2, 0.25) is 0 Å². The Hall–Kier alpha value is -0.338. The summed E-state index contributed by atoms with van der Waals surface area (Å²) in [5, 5.41) is 17.8. The molecule has 2 nitrogen and oxygen atoms in total. The van der Waals surface area contributed by atoms with Gasteiger partial charge in [-0.05, 0) is 18.4 Å². The molecule has 0 aliphatic heterocycles. The van der Waals surface area contributed by atoms with Crippen LogP contribution in [-0.4, -0.2) is 17.2 Å². The minimum Gasteiger partial charge on any atom is -0.423 e. The second-order valence-electron chi connectivity index (χ2n) is 6.04. The molecule has 0 spiro atoms. The molecule has 0 fully saturated rings. The zero-order valence-electron chi connectivity index (χ0n) is 16.2. The predicted octanol–water partition coefficient (Wildman–Crippen LogP) is 1.56. The van der Waals surface area contributed by atoms with Gasteiger partial charge >= 0.3 is 26.0 Å². The third-order valence-electron chi connectivity index (χ3n) is 3.87. The molecule has 0 aromatic heterocycles. The van der Waals surface area contributed by atoms with Gasteiger partial charge in [0.25, 0.3) is 0 Å². The van der Waals surface area contributed by atoms with Crippen LogP contribution in [0.1, 0.15) is 77.2 Å². The summed E-state index contributed by atoms with van der Waals surface area (Å²) in [5.74, 6) is -2.11. The minimum atomic E-state index is -1.97. The Labute approximate surface area is 164 Å². The van der Waals surface area contributed by atoms with Gasteiger partial charge in [-0.25, -0.2) is 8.78 Å². The van der Waals surface area contributed by atoms with E-state index in [9.17, 15) is 8.78 Å². The average molecular weight is 348 g/mol. The molecular weight excluding hydrogens is 316 g/mol. The quantitative estimate of drug-likeness (QED) is 0.383. The molecule has 0 aliphatic rings. The first-order valence-corrected chi connectivity index (χ1v) is 9.11. The Morgan fingerprint density at radius 2 is 1.40 bits per heavy atom. The van der Waals surface area contributed by atoms with Gasteiger partial charge < -0.3 is 17.0 Å². The van der Waals surface area contributed by atoms with Crippen LogP contribution in [0.25, 0.3) is 0 Å². The van der Waals surface area contributed by atoms with Gasteiger partial charge in [-0.3, -0.25) is 0 Å². The van der Waals surface area contributed by atoms with Crippen LogP contribution in [-0.2, 0) is 6.42 Å². The first-order valence-electron chi connectivity index (χ1n) is 9.11. The van der Waals surface area contributed by atoms with Gasteiger partial charge in [0.05, 0.1) is 0 Å². The minimum absolute atomic E-state index is 0. The number of aryl methyl sites for hydroxylation is 1. The summed E-state index contributed by atoms with van der Waals surface area (Å²) in [6.45, 7) is 7.89. The molecule has 0 atom stereocenters. The molecule has 0 amide bonds. The second-order valence-corrected chi connectivity index (χ2v) is 6.04. The van der Waals surface area contributed by atoms with Crippen LogP contribution in [0.3, 0.4) is 0 Å². The molecule has 0 unspecified atom stereocenters. The molecule has 138 valence electrons. The topological polar surface area (TPSA) is 40.5 Å². The second kappa shape index (κ2) is 17.1. The molecule has 0 heterocycles. The van der Waals surface area contributed by atoms with E-state index in [-0.39, 0.29) is 18.9 Å². The molecule has 0 saturated heterocycles. The van der Waals surface area contributed by atoms with E-state index >= 15 is 0 Å². The van der Waals surface area contributed by atoms with Crippen molar-refractivity contribution in [2.45, 2.75) is 78.1 Å². The summed E-state index contributed by atoms with van der Waals surface area (Å²) >= 11 is 0. The van der Waals surface area contributed by atoms with Gasteiger partial charge in [0.1, 0.15) is 0 Å². The molecule has 0 bridgehead atoms. The summed E-state index contributed by atoms with van der Waals surface area (Å²) < 4.78 is 27.2. The molecule has 0 radical (unpaired) electrons. The molecular formula is C19H32BF2LiO2. The van der Waals surface area contributed by atoms with Crippen LogP contribution in [0.5, 0.6) is 0 Å². The summed E-state index contributed by atoms with van der Waals surface area (Å²) in [5.41, 5.74) is -0.105. The first kappa shape index (κ1) is 26.9. The molecule has 0 saturated carbocycles. The predicted molar refractivity (Wildman–Crippen MR) is 98.1 cm³/mol. The number of unbranched alkanes of at least 4 members (excludes halogenated alkanes) is 7. The normalized spacial score (nSPS) is 9.88. The Kier molecular flexibility index (Phi) is 18.4. The summed E-state index contributed by atoms with van der Waals surface area (Å²) in [6, 6.07) is 2.67. The Balaban J connectivity index is 0. The van der Waals surface area contributed by atoms with E-state index in [4.69, 9.17) is 10.0 Å². The summed E-state index contributed by atoms with van der Waals surface area (Å²) in [6.07, 6.45) is 10.6. The summed E-state index contributed by atoms with van der Waals surface area (Å²) in [7, 11) is -1.97. The maximum Gasteiger partial charge on any atom is 1.00 e. The Morgan fingerprint density at radius 3 is 1.88 bits per heavy atom. The van der Waals surface area contributed by atoms with Crippen LogP contribution in [0.15, 0.2) is 12.1 Å². The first-order chi connectivity index (χ1) is 11.5. The zero-order chi connectivity index (χ0) is 18.4. The third-order valence-corrected chi connectivity index (χ3v) is 3.87. The zero-order valence-corrected chi connectivity index (χ0v) is 16.2. The Bertz CT molecular complexity index is 444. The van der Waals surface area contributed by atoms with Crippen LogP contribution >= 0.6 is 0 Å². The van der Waals surface area contributed by atoms with E-state index in [1.807, 2.05) is 0 Å². The van der Waals surface area contributed by atoms with E-state index in [0.717, 1.165) is 25.7 Å². The van der Waals surface area contributed by atoms with Crippen molar-refractivity contribution in [3.05, 3.63) is 36.3 Å². The molecule has 2 N–H and O–H groups in total. The maximum atomic E-state index is 13.7. The van der Waals surface area contributed by atoms with Crippen molar-refractivity contribution in [3.63, 3.8) is 0 Å². The smallest absolute Gasteiger partial charge is 0.423 e. The number of hydrogen-bond donors (Lipinski definition) is 2. The van der Waals surface area contributed by atoms with Crippen molar-refractivity contribution in [2.75, 3.05) is 0 Å². The SMILES string of the molecule is CCCCCCCCCc1ccc(B(O)O)c(F)c1F.[CH2-]CCC.[Li+]. The van der Waals surface area contributed by atoms with Crippen molar-refractivity contribution in [2.24, 2.45) is 0 Å². The Morgan fingerprint density at radius 1 is 0.880 bits per heavy atom. The maximum absolute atomic E-state index is 13.7. The number of benzene rings is 1. The molecule has 1 rings (SSSR count). The van der Waals surface area contributed by atoms with Gasteiger partial charge in [-0.2, -0.15) is 6.42 Å². The number of rotatable bonds is 10. The number of halogens is 2. The van der Waals surface area contributed by atoms with Gasteiger partial charge in [-0.15, -0.1) is 0 Å². The van der Waals surface area contributed by atoms with E-state index < -0.39 is 24.2 Å². The van der Waals surface area contributed by atoms with Crippen LogP contribution in [0.4, 0.5) is 8.78 Å². The molecule has 0 aliphatic carbocycles. The largest absolute Gasteiger partial charge is 1.00 e. The van der Waals surface area contributed by atoms with Crippen molar-refractivity contribution >= 4 is 12.6 Å². The van der Waals surface area contributed by atoms with Crippen LogP contribution < -0.4 is 24.3 Å².